The van der Waals surface area contributed by atoms with Gasteiger partial charge in [-0.15, -0.1) is 0 Å². The Kier molecular flexibility index (Phi) is 5.09. The fraction of sp³-hybridized carbons (Fsp3) is 0.562. The first-order valence-corrected chi connectivity index (χ1v) is 9.35. The number of nitriles is 1. The quantitative estimate of drug-likeness (QED) is 0.904. The SMILES string of the molecule is CC1(CC#N)CCN(Cc2ccccc2NS(C)(=O)=O)CC1. The van der Waals surface area contributed by atoms with Crippen LogP contribution in [0.25, 0.3) is 0 Å². The molecule has 5 nitrogen and oxygen atoms in total. The van der Waals surface area contributed by atoms with Gasteiger partial charge in [0, 0.05) is 13.0 Å². The molecule has 0 aliphatic carbocycles. The number of rotatable bonds is 5. The van der Waals surface area contributed by atoms with Gasteiger partial charge in [0.05, 0.1) is 18.0 Å². The minimum Gasteiger partial charge on any atom is -0.299 e. The summed E-state index contributed by atoms with van der Waals surface area (Å²) in [5, 5.41) is 8.90. The number of piperidine rings is 1. The minimum atomic E-state index is -3.27. The Bertz CT molecular complexity index is 656. The highest BCUT2D eigenvalue weighted by atomic mass is 32.2. The maximum Gasteiger partial charge on any atom is 0.229 e. The number of likely N-dealkylation sites (tertiary alicyclic amines) is 1. The normalized spacial score (nSPS) is 18.6. The highest BCUT2D eigenvalue weighted by Crippen LogP contribution is 2.34. The second kappa shape index (κ2) is 6.67. The van der Waals surface area contributed by atoms with Crippen LogP contribution in [-0.4, -0.2) is 32.7 Å². The summed E-state index contributed by atoms with van der Waals surface area (Å²) in [5.41, 5.74) is 1.75. The lowest BCUT2D eigenvalue weighted by Crippen LogP contribution is -2.38. The van der Waals surface area contributed by atoms with Gasteiger partial charge in [0.25, 0.3) is 0 Å². The Morgan fingerprint density at radius 2 is 1.95 bits per heavy atom. The average Bonchev–Trinajstić information content (AvgIpc) is 2.42. The first-order chi connectivity index (χ1) is 10.3. The fourth-order valence-corrected chi connectivity index (χ4v) is 3.42. The Labute approximate surface area is 133 Å². The summed E-state index contributed by atoms with van der Waals surface area (Å²) < 4.78 is 25.5. The fourth-order valence-electron chi connectivity index (χ4n) is 2.82. The predicted octanol–water partition coefficient (Wildman–Crippen LogP) is 2.57. The molecular formula is C16H23N3O2S. The molecule has 1 saturated heterocycles. The highest BCUT2D eigenvalue weighted by molar-refractivity contribution is 7.92. The van der Waals surface area contributed by atoms with Crippen molar-refractivity contribution >= 4 is 15.7 Å². The van der Waals surface area contributed by atoms with Crippen LogP contribution >= 0.6 is 0 Å². The van der Waals surface area contributed by atoms with Gasteiger partial charge in [0.15, 0.2) is 0 Å². The van der Waals surface area contributed by atoms with E-state index in [2.05, 4.69) is 22.6 Å². The van der Waals surface area contributed by atoms with E-state index in [-0.39, 0.29) is 5.41 Å². The Morgan fingerprint density at radius 1 is 1.32 bits per heavy atom. The van der Waals surface area contributed by atoms with Crippen LogP contribution in [0.4, 0.5) is 5.69 Å². The van der Waals surface area contributed by atoms with Crippen molar-refractivity contribution < 1.29 is 8.42 Å². The van der Waals surface area contributed by atoms with E-state index in [1.165, 1.54) is 0 Å². The van der Waals surface area contributed by atoms with Crippen LogP contribution in [0.1, 0.15) is 31.7 Å². The molecule has 2 rings (SSSR count). The summed E-state index contributed by atoms with van der Waals surface area (Å²) >= 11 is 0. The average molecular weight is 321 g/mol. The standard InChI is InChI=1S/C16H23N3O2S/c1-16(7-10-17)8-11-19(12-9-16)13-14-5-3-4-6-15(14)18-22(2,20)21/h3-6,18H,7-9,11-13H2,1-2H3. The summed E-state index contributed by atoms with van der Waals surface area (Å²) in [6.07, 6.45) is 3.77. The van der Waals surface area contributed by atoms with Crippen molar-refractivity contribution in [3.63, 3.8) is 0 Å². The molecule has 1 N–H and O–H groups in total. The van der Waals surface area contributed by atoms with Crippen molar-refractivity contribution in [3.05, 3.63) is 29.8 Å². The molecule has 1 heterocycles. The smallest absolute Gasteiger partial charge is 0.229 e. The number of sulfonamides is 1. The van der Waals surface area contributed by atoms with Crippen LogP contribution < -0.4 is 4.72 Å². The second-order valence-electron chi connectivity index (χ2n) is 6.45. The van der Waals surface area contributed by atoms with E-state index < -0.39 is 10.0 Å². The number of hydrogen-bond donors (Lipinski definition) is 1. The molecular weight excluding hydrogens is 298 g/mol. The molecule has 0 saturated carbocycles. The molecule has 22 heavy (non-hydrogen) atoms. The Hall–Kier alpha value is -1.58. The topological polar surface area (TPSA) is 73.2 Å². The Balaban J connectivity index is 2.03. The summed E-state index contributed by atoms with van der Waals surface area (Å²) in [7, 11) is -3.27. The third-order valence-corrected chi connectivity index (χ3v) is 4.87. The molecule has 0 aromatic heterocycles. The summed E-state index contributed by atoms with van der Waals surface area (Å²) in [6.45, 7) is 4.77. The zero-order valence-electron chi connectivity index (χ0n) is 13.2. The number of para-hydroxylation sites is 1. The second-order valence-corrected chi connectivity index (χ2v) is 8.20. The van der Waals surface area contributed by atoms with Gasteiger partial charge in [-0.05, 0) is 43.0 Å². The molecule has 120 valence electrons. The van der Waals surface area contributed by atoms with Crippen molar-refractivity contribution in [2.45, 2.75) is 32.7 Å². The molecule has 0 bridgehead atoms. The number of nitrogens with zero attached hydrogens (tertiary/aromatic N) is 2. The molecule has 0 amide bonds. The van der Waals surface area contributed by atoms with Crippen molar-refractivity contribution in [2.75, 3.05) is 24.1 Å². The van der Waals surface area contributed by atoms with Gasteiger partial charge in [-0.1, -0.05) is 25.1 Å². The number of hydrogen-bond acceptors (Lipinski definition) is 4. The van der Waals surface area contributed by atoms with Gasteiger partial charge in [-0.2, -0.15) is 5.26 Å². The third-order valence-electron chi connectivity index (χ3n) is 4.28. The number of anilines is 1. The van der Waals surface area contributed by atoms with E-state index in [9.17, 15) is 8.42 Å². The summed E-state index contributed by atoms with van der Waals surface area (Å²) in [4.78, 5) is 2.32. The monoisotopic (exact) mass is 321 g/mol. The largest absolute Gasteiger partial charge is 0.299 e. The molecule has 0 atom stereocenters. The highest BCUT2D eigenvalue weighted by Gasteiger charge is 2.29. The summed E-state index contributed by atoms with van der Waals surface area (Å²) in [6, 6.07) is 9.78. The molecule has 1 fully saturated rings. The number of nitrogens with one attached hydrogen (secondary N) is 1. The van der Waals surface area contributed by atoms with Crippen molar-refractivity contribution in [3.8, 4) is 6.07 Å². The lowest BCUT2D eigenvalue weighted by Gasteiger charge is -2.38. The molecule has 1 aromatic rings. The van der Waals surface area contributed by atoms with E-state index in [1.54, 1.807) is 6.07 Å². The van der Waals surface area contributed by atoms with E-state index in [1.807, 2.05) is 18.2 Å². The molecule has 1 aliphatic rings. The maximum atomic E-state index is 11.4. The van der Waals surface area contributed by atoms with Crippen LogP contribution in [0.15, 0.2) is 24.3 Å². The first kappa shape index (κ1) is 16.8. The van der Waals surface area contributed by atoms with Crippen LogP contribution in [0, 0.1) is 16.7 Å². The maximum absolute atomic E-state index is 11.4. The van der Waals surface area contributed by atoms with Crippen LogP contribution in [0.5, 0.6) is 0 Å². The van der Waals surface area contributed by atoms with E-state index in [0.29, 0.717) is 12.1 Å². The van der Waals surface area contributed by atoms with E-state index in [4.69, 9.17) is 5.26 Å². The van der Waals surface area contributed by atoms with Crippen molar-refractivity contribution in [1.29, 1.82) is 5.26 Å². The van der Waals surface area contributed by atoms with Crippen molar-refractivity contribution in [2.24, 2.45) is 5.41 Å². The van der Waals surface area contributed by atoms with Gasteiger partial charge >= 0.3 is 0 Å². The Morgan fingerprint density at radius 3 is 2.55 bits per heavy atom. The third kappa shape index (κ3) is 4.72. The van der Waals surface area contributed by atoms with Gasteiger partial charge in [-0.25, -0.2) is 8.42 Å². The zero-order chi connectivity index (χ0) is 16.2. The van der Waals surface area contributed by atoms with Crippen LogP contribution in [-0.2, 0) is 16.6 Å². The van der Waals surface area contributed by atoms with Gasteiger partial charge in [0.1, 0.15) is 0 Å². The lowest BCUT2D eigenvalue weighted by molar-refractivity contribution is 0.116. The van der Waals surface area contributed by atoms with Crippen LogP contribution in [0.3, 0.4) is 0 Å². The predicted molar refractivity (Wildman–Crippen MR) is 87.8 cm³/mol. The van der Waals surface area contributed by atoms with Gasteiger partial charge in [0.2, 0.25) is 10.0 Å². The zero-order valence-corrected chi connectivity index (χ0v) is 14.0. The van der Waals surface area contributed by atoms with Gasteiger partial charge < -0.3 is 0 Å². The van der Waals surface area contributed by atoms with E-state index >= 15 is 0 Å². The van der Waals surface area contributed by atoms with Crippen LogP contribution in [0.2, 0.25) is 0 Å². The number of benzene rings is 1. The van der Waals surface area contributed by atoms with Gasteiger partial charge in [-0.3, -0.25) is 9.62 Å². The minimum absolute atomic E-state index is 0.121. The van der Waals surface area contributed by atoms with Crippen molar-refractivity contribution in [1.82, 2.24) is 4.90 Å². The lowest BCUT2D eigenvalue weighted by atomic mass is 9.78. The molecule has 1 aromatic carbocycles. The molecule has 1 aliphatic heterocycles. The molecule has 0 unspecified atom stereocenters. The van der Waals surface area contributed by atoms with E-state index in [0.717, 1.165) is 44.3 Å². The molecule has 0 radical (unpaired) electrons. The first-order valence-electron chi connectivity index (χ1n) is 7.46. The summed E-state index contributed by atoms with van der Waals surface area (Å²) in [5.74, 6) is 0. The molecule has 6 heteroatoms. The molecule has 0 spiro atoms.